The van der Waals surface area contributed by atoms with Crippen LogP contribution < -0.4 is 0 Å². The minimum atomic E-state index is 0.854. The minimum Gasteiger partial charge on any atom is -0.247 e. The highest BCUT2D eigenvalue weighted by atomic mass is 15.1. The molecule has 8 aromatic carbocycles. The molecule has 0 atom stereocenters. The molecule has 0 amide bonds. The summed E-state index contributed by atoms with van der Waals surface area (Å²) >= 11 is 0. The lowest BCUT2D eigenvalue weighted by atomic mass is 9.91. The van der Waals surface area contributed by atoms with Crippen LogP contribution in [0.3, 0.4) is 0 Å². The van der Waals surface area contributed by atoms with Crippen LogP contribution in [0, 0.1) is 0 Å². The Morgan fingerprint density at radius 3 is 1.64 bits per heavy atom. The Morgan fingerprint density at radius 2 is 0.900 bits per heavy atom. The van der Waals surface area contributed by atoms with Gasteiger partial charge in [0, 0.05) is 38.4 Å². The Morgan fingerprint density at radius 1 is 0.340 bits per heavy atom. The maximum Gasteiger partial charge on any atom is 0.101 e. The third kappa shape index (κ3) is 4.56. The van der Waals surface area contributed by atoms with E-state index in [2.05, 4.69) is 176 Å². The summed E-state index contributed by atoms with van der Waals surface area (Å²) in [6, 6.07) is 62.3. The van der Waals surface area contributed by atoms with E-state index in [1.807, 2.05) is 0 Å². The fraction of sp³-hybridized carbons (Fsp3) is 0. The fourth-order valence-corrected chi connectivity index (χ4v) is 7.58. The highest BCUT2D eigenvalue weighted by molar-refractivity contribution is 6.17. The van der Waals surface area contributed by atoms with Gasteiger partial charge in [0.2, 0.25) is 0 Å². The van der Waals surface area contributed by atoms with E-state index in [0.717, 1.165) is 71.8 Å². The maximum absolute atomic E-state index is 5.16. The lowest BCUT2D eigenvalue weighted by Crippen LogP contribution is -1.97. The number of aromatic nitrogens is 3. The number of pyridine rings is 1. The molecule has 0 saturated heterocycles. The average Bonchev–Trinajstić information content (AvgIpc) is 3.19. The summed E-state index contributed by atoms with van der Waals surface area (Å²) in [5.74, 6) is 0. The molecule has 0 aliphatic rings. The molecule has 0 aliphatic carbocycles. The second-order valence-electron chi connectivity index (χ2n) is 12.8. The van der Waals surface area contributed by atoms with Gasteiger partial charge in [0.05, 0.1) is 16.7 Å². The first-order valence-corrected chi connectivity index (χ1v) is 17.0. The first kappa shape index (κ1) is 28.3. The van der Waals surface area contributed by atoms with Gasteiger partial charge >= 0.3 is 0 Å². The molecule has 0 saturated carbocycles. The standard InChI is InChI=1S/C47H29N3/c1-4-16-35-30(11-1)14-9-20-38(35)42-29-44(39-21-10-15-31-12-2-5-17-36(31)39)49-50-46(42)34-25-23-33(24-26-34)45-40-19-7-8-22-43(40)48-47-37-18-6-3-13-32(37)27-28-41(45)47/h1-29H. The van der Waals surface area contributed by atoms with Gasteiger partial charge in [-0.25, -0.2) is 4.98 Å². The quantitative estimate of drug-likeness (QED) is 0.143. The fourth-order valence-electron chi connectivity index (χ4n) is 7.58. The van der Waals surface area contributed by atoms with Gasteiger partial charge in [0.25, 0.3) is 0 Å². The Kier molecular flexibility index (Phi) is 6.49. The molecule has 0 spiro atoms. The van der Waals surface area contributed by atoms with Crippen molar-refractivity contribution in [3.63, 3.8) is 0 Å². The van der Waals surface area contributed by atoms with Crippen molar-refractivity contribution in [3.05, 3.63) is 176 Å². The zero-order valence-corrected chi connectivity index (χ0v) is 27.1. The van der Waals surface area contributed by atoms with Crippen LogP contribution in [0.25, 0.3) is 98.9 Å². The SMILES string of the molecule is c1ccc2c(-c3cc(-c4cccc5ccccc45)c(-c4ccc(-c5c6ccccc6nc6c5ccc5ccccc56)cc4)nn3)cccc2c1. The number of hydrogen-bond acceptors (Lipinski definition) is 3. The summed E-state index contributed by atoms with van der Waals surface area (Å²) in [7, 11) is 0. The van der Waals surface area contributed by atoms with E-state index in [1.165, 1.54) is 27.1 Å². The molecule has 2 heterocycles. The van der Waals surface area contributed by atoms with E-state index in [9.17, 15) is 0 Å². The molecule has 3 nitrogen and oxygen atoms in total. The Balaban J connectivity index is 1.18. The summed E-state index contributed by atoms with van der Waals surface area (Å²) in [4.78, 5) is 5.16. The van der Waals surface area contributed by atoms with Crippen LogP contribution >= 0.6 is 0 Å². The van der Waals surface area contributed by atoms with Crippen molar-refractivity contribution >= 4 is 54.1 Å². The predicted molar refractivity (Wildman–Crippen MR) is 209 cm³/mol. The summed E-state index contributed by atoms with van der Waals surface area (Å²) in [6.07, 6.45) is 0. The minimum absolute atomic E-state index is 0.854. The zero-order chi connectivity index (χ0) is 33.0. The van der Waals surface area contributed by atoms with Gasteiger partial charge in [-0.2, -0.15) is 0 Å². The lowest BCUT2D eigenvalue weighted by molar-refractivity contribution is 1.05. The number of benzene rings is 8. The molecule has 0 aliphatic heterocycles. The second kappa shape index (κ2) is 11.5. The molecule has 50 heavy (non-hydrogen) atoms. The van der Waals surface area contributed by atoms with Gasteiger partial charge in [0.15, 0.2) is 0 Å². The van der Waals surface area contributed by atoms with Crippen LogP contribution in [0.15, 0.2) is 176 Å². The van der Waals surface area contributed by atoms with E-state index >= 15 is 0 Å². The van der Waals surface area contributed by atoms with E-state index < -0.39 is 0 Å². The largest absolute Gasteiger partial charge is 0.247 e. The molecule has 10 aromatic rings. The van der Waals surface area contributed by atoms with Crippen molar-refractivity contribution < 1.29 is 0 Å². The molecule has 232 valence electrons. The van der Waals surface area contributed by atoms with Gasteiger partial charge in [-0.1, -0.05) is 164 Å². The molecular weight excluding hydrogens is 607 g/mol. The van der Waals surface area contributed by atoms with Crippen molar-refractivity contribution in [2.75, 3.05) is 0 Å². The number of rotatable bonds is 4. The molecule has 0 fully saturated rings. The topological polar surface area (TPSA) is 38.7 Å². The van der Waals surface area contributed by atoms with E-state index in [1.54, 1.807) is 0 Å². The molecule has 10 rings (SSSR count). The van der Waals surface area contributed by atoms with Crippen molar-refractivity contribution in [2.24, 2.45) is 0 Å². The number of para-hydroxylation sites is 1. The van der Waals surface area contributed by atoms with E-state index in [4.69, 9.17) is 15.2 Å². The van der Waals surface area contributed by atoms with Crippen molar-refractivity contribution in [2.45, 2.75) is 0 Å². The second-order valence-corrected chi connectivity index (χ2v) is 12.8. The maximum atomic E-state index is 5.16. The van der Waals surface area contributed by atoms with E-state index in [0.29, 0.717) is 0 Å². The molecule has 0 bridgehead atoms. The van der Waals surface area contributed by atoms with Crippen LogP contribution in [0.1, 0.15) is 0 Å². The number of fused-ring (bicyclic) bond motifs is 6. The summed E-state index contributed by atoms with van der Waals surface area (Å²) in [6.45, 7) is 0. The van der Waals surface area contributed by atoms with Crippen LogP contribution in [0.4, 0.5) is 0 Å². The Labute approximate surface area is 289 Å². The summed E-state index contributed by atoms with van der Waals surface area (Å²) in [5, 5.41) is 19.2. The lowest BCUT2D eigenvalue weighted by Gasteiger charge is -2.15. The van der Waals surface area contributed by atoms with Gasteiger partial charge in [-0.3, -0.25) is 0 Å². The molecule has 0 N–H and O–H groups in total. The monoisotopic (exact) mass is 635 g/mol. The first-order valence-electron chi connectivity index (χ1n) is 17.0. The van der Waals surface area contributed by atoms with Crippen LogP contribution in [-0.4, -0.2) is 15.2 Å². The molecule has 2 aromatic heterocycles. The highest BCUT2D eigenvalue weighted by Gasteiger charge is 2.18. The van der Waals surface area contributed by atoms with E-state index in [-0.39, 0.29) is 0 Å². The van der Waals surface area contributed by atoms with Gasteiger partial charge in [0.1, 0.15) is 5.69 Å². The third-order valence-electron chi connectivity index (χ3n) is 9.96. The normalized spacial score (nSPS) is 11.6. The Hall–Kier alpha value is -6.71. The highest BCUT2D eigenvalue weighted by Crippen LogP contribution is 2.41. The van der Waals surface area contributed by atoms with Crippen molar-refractivity contribution in [1.29, 1.82) is 0 Å². The predicted octanol–water partition coefficient (Wildman–Crippen LogP) is 12.3. The summed E-state index contributed by atoms with van der Waals surface area (Å²) < 4.78 is 0. The van der Waals surface area contributed by atoms with Gasteiger partial charge < -0.3 is 0 Å². The van der Waals surface area contributed by atoms with Crippen LogP contribution in [-0.2, 0) is 0 Å². The Bertz CT molecular complexity index is 2920. The molecule has 0 radical (unpaired) electrons. The first-order chi connectivity index (χ1) is 24.8. The van der Waals surface area contributed by atoms with Crippen LogP contribution in [0.2, 0.25) is 0 Å². The van der Waals surface area contributed by atoms with Crippen LogP contribution in [0.5, 0.6) is 0 Å². The number of nitrogens with zero attached hydrogens (tertiary/aromatic N) is 3. The smallest absolute Gasteiger partial charge is 0.101 e. The molecule has 3 heteroatoms. The van der Waals surface area contributed by atoms with Gasteiger partial charge in [-0.05, 0) is 50.2 Å². The third-order valence-corrected chi connectivity index (χ3v) is 9.96. The zero-order valence-electron chi connectivity index (χ0n) is 27.1. The summed E-state index contributed by atoms with van der Waals surface area (Å²) in [5.41, 5.74) is 10.3. The van der Waals surface area contributed by atoms with Crippen molar-refractivity contribution in [3.8, 4) is 44.8 Å². The average molecular weight is 636 g/mol. The molecular formula is C47H29N3. The van der Waals surface area contributed by atoms with Crippen molar-refractivity contribution in [1.82, 2.24) is 15.2 Å². The molecule has 0 unspecified atom stereocenters. The van der Waals surface area contributed by atoms with Gasteiger partial charge in [-0.15, -0.1) is 10.2 Å². The number of hydrogen-bond donors (Lipinski definition) is 0.